The zero-order valence-electron chi connectivity index (χ0n) is 17.1. The highest BCUT2D eigenvalue weighted by atomic mass is 32.2. The summed E-state index contributed by atoms with van der Waals surface area (Å²) >= 11 is 1.00. The van der Waals surface area contributed by atoms with Crippen LogP contribution in [0.3, 0.4) is 0 Å². The minimum atomic E-state index is -1.80. The maximum atomic E-state index is 15.2. The van der Waals surface area contributed by atoms with Crippen LogP contribution >= 0.6 is 11.8 Å². The van der Waals surface area contributed by atoms with Crippen molar-refractivity contribution >= 4 is 29.0 Å². The molecule has 0 bridgehead atoms. The topological polar surface area (TPSA) is 77.4 Å². The van der Waals surface area contributed by atoms with Gasteiger partial charge >= 0.3 is 12.1 Å². The van der Waals surface area contributed by atoms with E-state index in [4.69, 9.17) is 14.2 Å². The van der Waals surface area contributed by atoms with Gasteiger partial charge in [-0.25, -0.2) is 18.4 Å². The first-order valence-electron chi connectivity index (χ1n) is 9.43. The molecule has 10 heteroatoms. The van der Waals surface area contributed by atoms with Crippen LogP contribution in [0.5, 0.6) is 0 Å². The monoisotopic (exact) mass is 442 g/mol. The van der Waals surface area contributed by atoms with E-state index in [0.29, 0.717) is 0 Å². The standard InChI is InChI=1S/C20H24F2N2O5S/c1-20(2,3)29-19(26)24(4)18-23-14-13(22)15(12(10-21)27-17(14)30-18)28-16(25)11-8-6-5-7-9-11/h5-9,12-15,17H,10H2,1-4H3/t12-,13-,14-,15-,17-/m1/s1. The number of carbonyl (C=O) groups excluding carboxylic acids is 2. The molecular weight excluding hydrogens is 418 g/mol. The number of hydrogen-bond acceptors (Lipinski definition) is 7. The average Bonchev–Trinajstić information content (AvgIpc) is 3.13. The number of aliphatic imine (C=N–C) groups is 1. The number of benzene rings is 1. The van der Waals surface area contributed by atoms with Gasteiger partial charge in [-0.15, -0.1) is 0 Å². The second kappa shape index (κ2) is 8.89. The molecule has 0 aliphatic carbocycles. The van der Waals surface area contributed by atoms with Gasteiger partial charge in [0.2, 0.25) is 0 Å². The maximum Gasteiger partial charge on any atom is 0.416 e. The molecule has 2 aliphatic heterocycles. The Balaban J connectivity index is 1.74. The van der Waals surface area contributed by atoms with Crippen molar-refractivity contribution in [1.82, 2.24) is 4.90 Å². The Morgan fingerprint density at radius 1 is 1.27 bits per heavy atom. The predicted molar refractivity (Wildman–Crippen MR) is 108 cm³/mol. The van der Waals surface area contributed by atoms with Crippen LogP contribution in [0.4, 0.5) is 13.6 Å². The predicted octanol–water partition coefficient (Wildman–Crippen LogP) is 3.58. The van der Waals surface area contributed by atoms with Gasteiger partial charge in [-0.1, -0.05) is 30.0 Å². The molecule has 1 aromatic carbocycles. The van der Waals surface area contributed by atoms with Crippen molar-refractivity contribution in [2.24, 2.45) is 4.99 Å². The number of fused-ring (bicyclic) bond motifs is 1. The SMILES string of the molecule is CN(C(=O)OC(C)(C)C)C1=N[C@@H]2[C@@H](F)[C@H](OC(=O)c3ccccc3)[C@@H](CF)O[C@@H]2S1. The van der Waals surface area contributed by atoms with Crippen LogP contribution in [0.2, 0.25) is 0 Å². The number of thioether (sulfide) groups is 1. The summed E-state index contributed by atoms with van der Waals surface area (Å²) < 4.78 is 45.0. The van der Waals surface area contributed by atoms with E-state index in [1.54, 1.807) is 39.0 Å². The lowest BCUT2D eigenvalue weighted by Gasteiger charge is -2.37. The van der Waals surface area contributed by atoms with Crippen LogP contribution in [0.15, 0.2) is 35.3 Å². The summed E-state index contributed by atoms with van der Waals surface area (Å²) in [7, 11) is 1.45. The molecule has 0 radical (unpaired) electrons. The fourth-order valence-electron chi connectivity index (χ4n) is 2.98. The summed E-state index contributed by atoms with van der Waals surface area (Å²) in [5.74, 6) is -0.774. The van der Waals surface area contributed by atoms with Gasteiger partial charge in [-0.05, 0) is 32.9 Å². The van der Waals surface area contributed by atoms with E-state index in [1.165, 1.54) is 19.2 Å². The minimum absolute atomic E-state index is 0.189. The first kappa shape index (κ1) is 22.5. The summed E-state index contributed by atoms with van der Waals surface area (Å²) in [5, 5.41) is 0.189. The molecule has 164 valence electrons. The van der Waals surface area contributed by atoms with Gasteiger partial charge in [0, 0.05) is 7.05 Å². The first-order chi connectivity index (χ1) is 14.1. The van der Waals surface area contributed by atoms with Gasteiger partial charge in [0.05, 0.1) is 5.56 Å². The van der Waals surface area contributed by atoms with Crippen LogP contribution in [0.1, 0.15) is 31.1 Å². The number of hydrogen-bond donors (Lipinski definition) is 0. The van der Waals surface area contributed by atoms with Crippen LogP contribution in [0, 0.1) is 0 Å². The molecule has 1 aromatic rings. The summed E-state index contributed by atoms with van der Waals surface area (Å²) in [6, 6.07) is 6.99. The van der Waals surface area contributed by atoms with E-state index in [1.807, 2.05) is 0 Å². The van der Waals surface area contributed by atoms with Crippen molar-refractivity contribution in [2.45, 2.75) is 56.2 Å². The third-order valence-electron chi connectivity index (χ3n) is 4.43. The van der Waals surface area contributed by atoms with E-state index in [2.05, 4.69) is 4.99 Å². The molecule has 2 aliphatic rings. The van der Waals surface area contributed by atoms with Gasteiger partial charge in [0.1, 0.15) is 29.9 Å². The molecule has 3 rings (SSSR count). The molecule has 1 fully saturated rings. The number of halogens is 2. The minimum Gasteiger partial charge on any atom is -0.453 e. The molecule has 0 spiro atoms. The van der Waals surface area contributed by atoms with E-state index < -0.39 is 54.2 Å². The maximum absolute atomic E-state index is 15.2. The van der Waals surface area contributed by atoms with Crippen molar-refractivity contribution in [3.05, 3.63) is 35.9 Å². The highest BCUT2D eigenvalue weighted by Crippen LogP contribution is 2.40. The Labute approximate surface area is 177 Å². The van der Waals surface area contributed by atoms with E-state index in [0.717, 1.165) is 16.7 Å². The van der Waals surface area contributed by atoms with Crippen molar-refractivity contribution < 1.29 is 32.6 Å². The molecule has 2 heterocycles. The van der Waals surface area contributed by atoms with Crippen molar-refractivity contribution in [2.75, 3.05) is 13.7 Å². The third-order valence-corrected chi connectivity index (χ3v) is 5.65. The third kappa shape index (κ3) is 4.92. The Morgan fingerprint density at radius 3 is 2.53 bits per heavy atom. The highest BCUT2D eigenvalue weighted by Gasteiger charge is 2.52. The average molecular weight is 442 g/mol. The number of ether oxygens (including phenoxy) is 3. The van der Waals surface area contributed by atoms with Crippen LogP contribution in [0.25, 0.3) is 0 Å². The molecule has 0 unspecified atom stereocenters. The molecule has 0 N–H and O–H groups in total. The summed E-state index contributed by atoms with van der Waals surface area (Å²) in [6.07, 6.45) is -5.19. The number of alkyl halides is 2. The zero-order valence-corrected chi connectivity index (χ0v) is 17.9. The van der Waals surface area contributed by atoms with E-state index in [9.17, 15) is 14.0 Å². The molecule has 7 nitrogen and oxygen atoms in total. The number of carbonyl (C=O) groups is 2. The molecule has 30 heavy (non-hydrogen) atoms. The van der Waals surface area contributed by atoms with Crippen molar-refractivity contribution in [3.63, 3.8) is 0 Å². The zero-order chi connectivity index (χ0) is 22.1. The highest BCUT2D eigenvalue weighted by molar-refractivity contribution is 8.14. The smallest absolute Gasteiger partial charge is 0.416 e. The van der Waals surface area contributed by atoms with Crippen LogP contribution in [-0.2, 0) is 14.2 Å². The number of rotatable bonds is 3. The number of amidine groups is 1. The molecule has 1 amide bonds. The van der Waals surface area contributed by atoms with Crippen LogP contribution < -0.4 is 0 Å². The van der Waals surface area contributed by atoms with Crippen LogP contribution in [-0.4, -0.2) is 71.3 Å². The van der Waals surface area contributed by atoms with Crippen molar-refractivity contribution in [3.8, 4) is 0 Å². The molecular formula is C20H24F2N2O5S. The van der Waals surface area contributed by atoms with E-state index in [-0.39, 0.29) is 10.7 Å². The summed E-state index contributed by atoms with van der Waals surface area (Å²) in [5.41, 5.74) is -1.33. The Bertz CT molecular complexity index is 817. The quantitative estimate of drug-likeness (QED) is 0.666. The largest absolute Gasteiger partial charge is 0.453 e. The van der Waals surface area contributed by atoms with Gasteiger partial charge in [-0.3, -0.25) is 9.89 Å². The lowest BCUT2D eigenvalue weighted by Crippen LogP contribution is -2.55. The molecule has 0 aromatic heterocycles. The van der Waals surface area contributed by atoms with Gasteiger partial charge in [0.25, 0.3) is 0 Å². The van der Waals surface area contributed by atoms with Gasteiger partial charge in [0.15, 0.2) is 17.4 Å². The first-order valence-corrected chi connectivity index (χ1v) is 10.3. The number of nitrogens with zero attached hydrogens (tertiary/aromatic N) is 2. The molecule has 0 saturated carbocycles. The second-order valence-corrected chi connectivity index (χ2v) is 9.00. The Kier molecular flexibility index (Phi) is 6.66. The molecule has 5 atom stereocenters. The lowest BCUT2D eigenvalue weighted by atomic mass is 10.00. The fourth-order valence-corrected chi connectivity index (χ4v) is 4.15. The second-order valence-electron chi connectivity index (χ2n) is 7.94. The Hall–Kier alpha value is -2.20. The van der Waals surface area contributed by atoms with Gasteiger partial charge < -0.3 is 14.2 Å². The van der Waals surface area contributed by atoms with E-state index >= 15 is 4.39 Å². The normalized spacial score (nSPS) is 28.3. The van der Waals surface area contributed by atoms with Crippen molar-refractivity contribution in [1.29, 1.82) is 0 Å². The Morgan fingerprint density at radius 2 is 1.93 bits per heavy atom. The summed E-state index contributed by atoms with van der Waals surface area (Å²) in [6.45, 7) is 4.13. The fraction of sp³-hybridized carbons (Fsp3) is 0.550. The summed E-state index contributed by atoms with van der Waals surface area (Å²) in [4.78, 5) is 30.0. The van der Waals surface area contributed by atoms with Gasteiger partial charge in [-0.2, -0.15) is 0 Å². The lowest BCUT2D eigenvalue weighted by molar-refractivity contribution is -0.140. The molecule has 1 saturated heterocycles. The number of amides is 1. The number of esters is 1.